The van der Waals surface area contributed by atoms with Crippen LogP contribution in [0.25, 0.3) is 5.57 Å². The standard InChI is InChI=1S/C25H22N2O4/c1-17(18-8-4-3-5-9-18)16-23(28)26-20-14-12-19(13-15-20)24(29)27-22-11-7-6-10-21(22)25(30)31-2/h3-16H,1-2H3,(H,26,28)(H,27,29)/b17-16+. The van der Waals surface area contributed by atoms with Gasteiger partial charge >= 0.3 is 5.97 Å². The second-order valence-corrected chi connectivity index (χ2v) is 6.75. The maximum Gasteiger partial charge on any atom is 0.339 e. The number of allylic oxidation sites excluding steroid dienone is 1. The van der Waals surface area contributed by atoms with Crippen LogP contribution in [0.15, 0.2) is 84.9 Å². The van der Waals surface area contributed by atoms with Crippen LogP contribution in [0, 0.1) is 0 Å². The summed E-state index contributed by atoms with van der Waals surface area (Å²) in [5, 5.41) is 5.49. The number of methoxy groups -OCH3 is 1. The molecule has 0 aliphatic carbocycles. The number of esters is 1. The normalized spacial score (nSPS) is 10.8. The fourth-order valence-electron chi connectivity index (χ4n) is 2.94. The van der Waals surface area contributed by atoms with Gasteiger partial charge in [0.15, 0.2) is 0 Å². The Morgan fingerprint density at radius 2 is 1.42 bits per heavy atom. The zero-order chi connectivity index (χ0) is 22.2. The molecule has 0 heterocycles. The van der Waals surface area contributed by atoms with Crippen LogP contribution in [0.5, 0.6) is 0 Å². The van der Waals surface area contributed by atoms with Gasteiger partial charge in [0.25, 0.3) is 5.91 Å². The van der Waals surface area contributed by atoms with Gasteiger partial charge in [-0.1, -0.05) is 42.5 Å². The smallest absolute Gasteiger partial charge is 0.339 e. The average molecular weight is 414 g/mol. The van der Waals surface area contributed by atoms with Gasteiger partial charge in [0, 0.05) is 17.3 Å². The minimum Gasteiger partial charge on any atom is -0.465 e. The maximum atomic E-state index is 12.6. The molecule has 0 saturated heterocycles. The van der Waals surface area contributed by atoms with Crippen LogP contribution >= 0.6 is 0 Å². The summed E-state index contributed by atoms with van der Waals surface area (Å²) in [4.78, 5) is 36.7. The highest BCUT2D eigenvalue weighted by Crippen LogP contribution is 2.18. The Morgan fingerprint density at radius 1 is 0.774 bits per heavy atom. The Balaban J connectivity index is 1.66. The number of nitrogens with one attached hydrogen (secondary N) is 2. The maximum absolute atomic E-state index is 12.6. The van der Waals surface area contributed by atoms with E-state index in [1.54, 1.807) is 48.5 Å². The number of carbonyl (C=O) groups is 3. The molecule has 2 N–H and O–H groups in total. The first-order valence-electron chi connectivity index (χ1n) is 9.61. The molecule has 0 unspecified atom stereocenters. The molecule has 6 heteroatoms. The molecule has 6 nitrogen and oxygen atoms in total. The number of rotatable bonds is 6. The molecule has 0 atom stereocenters. The van der Waals surface area contributed by atoms with Gasteiger partial charge < -0.3 is 15.4 Å². The highest BCUT2D eigenvalue weighted by atomic mass is 16.5. The first-order chi connectivity index (χ1) is 15.0. The van der Waals surface area contributed by atoms with Crippen LogP contribution in [0.4, 0.5) is 11.4 Å². The van der Waals surface area contributed by atoms with Crippen molar-refractivity contribution in [2.75, 3.05) is 17.7 Å². The van der Waals surface area contributed by atoms with Crippen LogP contribution in [-0.4, -0.2) is 24.9 Å². The number of hydrogen-bond donors (Lipinski definition) is 2. The van der Waals surface area contributed by atoms with Crippen molar-refractivity contribution in [3.8, 4) is 0 Å². The van der Waals surface area contributed by atoms with Crippen LogP contribution in [0.1, 0.15) is 33.2 Å². The van der Waals surface area contributed by atoms with Gasteiger partial charge in [-0.05, 0) is 54.5 Å². The SMILES string of the molecule is COC(=O)c1ccccc1NC(=O)c1ccc(NC(=O)/C=C(\C)c2ccccc2)cc1. The summed E-state index contributed by atoms with van der Waals surface area (Å²) in [5.74, 6) is -1.17. The van der Waals surface area contributed by atoms with E-state index in [1.165, 1.54) is 13.2 Å². The quantitative estimate of drug-likeness (QED) is 0.450. The van der Waals surface area contributed by atoms with E-state index < -0.39 is 5.97 Å². The number of benzene rings is 3. The van der Waals surface area contributed by atoms with Gasteiger partial charge in [-0.25, -0.2) is 4.79 Å². The van der Waals surface area contributed by atoms with Crippen molar-refractivity contribution in [3.63, 3.8) is 0 Å². The van der Waals surface area contributed by atoms with Gasteiger partial charge in [-0.3, -0.25) is 9.59 Å². The Kier molecular flexibility index (Phi) is 6.96. The van der Waals surface area contributed by atoms with Crippen LogP contribution < -0.4 is 10.6 Å². The molecule has 0 saturated carbocycles. The summed E-state index contributed by atoms with van der Waals surface area (Å²) < 4.78 is 4.74. The fraction of sp³-hybridized carbons (Fsp3) is 0.0800. The van der Waals surface area contributed by atoms with Crippen LogP contribution in [-0.2, 0) is 9.53 Å². The van der Waals surface area contributed by atoms with E-state index in [0.717, 1.165) is 11.1 Å². The van der Waals surface area contributed by atoms with E-state index in [-0.39, 0.29) is 17.4 Å². The molecule has 0 radical (unpaired) electrons. The molecule has 0 fully saturated rings. The summed E-state index contributed by atoms with van der Waals surface area (Å²) in [6.45, 7) is 1.87. The average Bonchev–Trinajstić information content (AvgIpc) is 2.79. The fourth-order valence-corrected chi connectivity index (χ4v) is 2.94. The predicted molar refractivity (Wildman–Crippen MR) is 121 cm³/mol. The Morgan fingerprint density at radius 3 is 2.10 bits per heavy atom. The van der Waals surface area contributed by atoms with Crippen molar-refractivity contribution in [2.24, 2.45) is 0 Å². The molecule has 156 valence electrons. The molecular formula is C25H22N2O4. The highest BCUT2D eigenvalue weighted by molar-refractivity contribution is 6.08. The Bertz CT molecular complexity index is 1120. The van der Waals surface area contributed by atoms with Gasteiger partial charge in [-0.2, -0.15) is 0 Å². The molecular weight excluding hydrogens is 392 g/mol. The lowest BCUT2D eigenvalue weighted by atomic mass is 10.1. The van der Waals surface area contributed by atoms with Crippen molar-refractivity contribution in [2.45, 2.75) is 6.92 Å². The number of carbonyl (C=O) groups excluding carboxylic acids is 3. The molecule has 0 spiro atoms. The van der Waals surface area contributed by atoms with Crippen molar-refractivity contribution < 1.29 is 19.1 Å². The first-order valence-corrected chi connectivity index (χ1v) is 9.61. The third-order valence-corrected chi connectivity index (χ3v) is 4.57. The van der Waals surface area contributed by atoms with Crippen LogP contribution in [0.3, 0.4) is 0 Å². The predicted octanol–water partition coefficient (Wildman–Crippen LogP) is 4.77. The second kappa shape index (κ2) is 10.0. The zero-order valence-electron chi connectivity index (χ0n) is 17.2. The molecule has 3 rings (SSSR count). The van der Waals surface area contributed by atoms with E-state index in [1.807, 2.05) is 37.3 Å². The van der Waals surface area contributed by atoms with Crippen molar-refractivity contribution in [1.29, 1.82) is 0 Å². The van der Waals surface area contributed by atoms with E-state index in [4.69, 9.17) is 4.74 Å². The van der Waals surface area contributed by atoms with Crippen molar-refractivity contribution >= 4 is 34.7 Å². The largest absolute Gasteiger partial charge is 0.465 e. The minimum absolute atomic E-state index is 0.259. The number of anilines is 2. The van der Waals surface area contributed by atoms with Gasteiger partial charge in [0.1, 0.15) is 0 Å². The number of para-hydroxylation sites is 1. The van der Waals surface area contributed by atoms with E-state index in [9.17, 15) is 14.4 Å². The molecule has 3 aromatic rings. The van der Waals surface area contributed by atoms with E-state index >= 15 is 0 Å². The molecule has 31 heavy (non-hydrogen) atoms. The Labute approximate surface area is 180 Å². The summed E-state index contributed by atoms with van der Waals surface area (Å²) in [5.41, 5.74) is 3.39. The third kappa shape index (κ3) is 5.67. The number of hydrogen-bond acceptors (Lipinski definition) is 4. The molecule has 0 aromatic heterocycles. The van der Waals surface area contributed by atoms with Gasteiger partial charge in [0.2, 0.25) is 5.91 Å². The van der Waals surface area contributed by atoms with E-state index in [2.05, 4.69) is 10.6 Å². The molecule has 0 aliphatic rings. The highest BCUT2D eigenvalue weighted by Gasteiger charge is 2.14. The summed E-state index contributed by atoms with van der Waals surface area (Å²) in [6.07, 6.45) is 1.53. The zero-order valence-corrected chi connectivity index (χ0v) is 17.2. The number of ether oxygens (including phenoxy) is 1. The minimum atomic E-state index is -0.534. The first kappa shape index (κ1) is 21.5. The molecule has 2 amide bonds. The second-order valence-electron chi connectivity index (χ2n) is 6.75. The van der Waals surface area contributed by atoms with Gasteiger partial charge in [0.05, 0.1) is 18.4 Å². The summed E-state index contributed by atoms with van der Waals surface area (Å²) in [7, 11) is 1.28. The van der Waals surface area contributed by atoms with Crippen LogP contribution in [0.2, 0.25) is 0 Å². The van der Waals surface area contributed by atoms with Crippen molar-refractivity contribution in [1.82, 2.24) is 0 Å². The van der Waals surface area contributed by atoms with Crippen molar-refractivity contribution in [3.05, 3.63) is 102 Å². The monoisotopic (exact) mass is 414 g/mol. The van der Waals surface area contributed by atoms with E-state index in [0.29, 0.717) is 16.9 Å². The molecule has 0 bridgehead atoms. The topological polar surface area (TPSA) is 84.5 Å². The molecule has 0 aliphatic heterocycles. The van der Waals surface area contributed by atoms with Gasteiger partial charge in [-0.15, -0.1) is 0 Å². The lowest BCUT2D eigenvalue weighted by Crippen LogP contribution is -2.15. The lowest BCUT2D eigenvalue weighted by Gasteiger charge is -2.10. The number of amides is 2. The summed E-state index contributed by atoms with van der Waals surface area (Å²) >= 11 is 0. The third-order valence-electron chi connectivity index (χ3n) is 4.57. The Hall–Kier alpha value is -4.19. The molecule has 3 aromatic carbocycles. The summed E-state index contributed by atoms with van der Waals surface area (Å²) in [6, 6.07) is 22.7. The lowest BCUT2D eigenvalue weighted by molar-refractivity contribution is -0.111.